The molecule has 2 rings (SSSR count). The third-order valence-electron chi connectivity index (χ3n) is 4.97. The Bertz CT molecular complexity index is 594. The zero-order chi connectivity index (χ0) is 17.9. The number of methoxy groups -OCH3 is 2. The van der Waals surface area contributed by atoms with Gasteiger partial charge in [-0.1, -0.05) is 6.92 Å². The summed E-state index contributed by atoms with van der Waals surface area (Å²) in [5.41, 5.74) is -0.0188. The van der Waals surface area contributed by atoms with Crippen molar-refractivity contribution in [2.45, 2.75) is 32.8 Å². The fourth-order valence-corrected chi connectivity index (χ4v) is 3.28. The molecule has 1 fully saturated rings. The molecular weight excluding hydrogens is 306 g/mol. The molecule has 0 bridgehead atoms. The molecule has 1 aromatic carbocycles. The number of nitrogens with zero attached hydrogens (tertiary/aromatic N) is 1. The van der Waals surface area contributed by atoms with Crippen LogP contribution in [0.2, 0.25) is 0 Å². The SMILES string of the molecule is CCCN1C[C@@H](C(C)(C)OC)[C@H](C(=O)c2ccc(OC)cc2)C1=O. The lowest BCUT2D eigenvalue weighted by Gasteiger charge is -2.32. The van der Waals surface area contributed by atoms with Crippen LogP contribution in [0.5, 0.6) is 5.75 Å². The Morgan fingerprint density at radius 1 is 1.25 bits per heavy atom. The first-order valence-corrected chi connectivity index (χ1v) is 8.38. The van der Waals surface area contributed by atoms with Crippen LogP contribution in [0.4, 0.5) is 0 Å². The third-order valence-corrected chi connectivity index (χ3v) is 4.97. The van der Waals surface area contributed by atoms with Crippen molar-refractivity contribution in [1.82, 2.24) is 4.90 Å². The van der Waals surface area contributed by atoms with Gasteiger partial charge in [-0.05, 0) is 44.5 Å². The highest BCUT2D eigenvalue weighted by atomic mass is 16.5. The second-order valence-corrected chi connectivity index (χ2v) is 6.77. The molecule has 1 aromatic rings. The van der Waals surface area contributed by atoms with Gasteiger partial charge in [0.1, 0.15) is 11.7 Å². The molecule has 1 aliphatic rings. The molecule has 0 spiro atoms. The molecule has 5 nitrogen and oxygen atoms in total. The van der Waals surface area contributed by atoms with Gasteiger partial charge in [-0.25, -0.2) is 0 Å². The largest absolute Gasteiger partial charge is 0.497 e. The van der Waals surface area contributed by atoms with Crippen molar-refractivity contribution < 1.29 is 19.1 Å². The Kier molecular flexibility index (Phi) is 5.65. The summed E-state index contributed by atoms with van der Waals surface area (Å²) < 4.78 is 10.7. The van der Waals surface area contributed by atoms with Crippen molar-refractivity contribution in [3.05, 3.63) is 29.8 Å². The first kappa shape index (κ1) is 18.5. The van der Waals surface area contributed by atoms with Crippen LogP contribution in [0.1, 0.15) is 37.6 Å². The van der Waals surface area contributed by atoms with Gasteiger partial charge in [0.2, 0.25) is 5.91 Å². The molecule has 0 radical (unpaired) electrons. The van der Waals surface area contributed by atoms with Gasteiger partial charge in [-0.3, -0.25) is 9.59 Å². The van der Waals surface area contributed by atoms with E-state index in [2.05, 4.69) is 0 Å². The number of amides is 1. The summed E-state index contributed by atoms with van der Waals surface area (Å²) in [6, 6.07) is 6.92. The van der Waals surface area contributed by atoms with Gasteiger partial charge in [0.15, 0.2) is 5.78 Å². The summed E-state index contributed by atoms with van der Waals surface area (Å²) in [4.78, 5) is 27.7. The Hall–Kier alpha value is -1.88. The van der Waals surface area contributed by atoms with Crippen molar-refractivity contribution >= 4 is 11.7 Å². The molecule has 0 aliphatic carbocycles. The number of likely N-dealkylation sites (tertiary alicyclic amines) is 1. The minimum absolute atomic E-state index is 0.0900. The van der Waals surface area contributed by atoms with Crippen molar-refractivity contribution in [2.24, 2.45) is 11.8 Å². The van der Waals surface area contributed by atoms with E-state index < -0.39 is 11.5 Å². The van der Waals surface area contributed by atoms with Crippen LogP contribution in [-0.2, 0) is 9.53 Å². The molecule has 1 aliphatic heterocycles. The van der Waals surface area contributed by atoms with Gasteiger partial charge in [-0.15, -0.1) is 0 Å². The van der Waals surface area contributed by atoms with Gasteiger partial charge in [0, 0.05) is 31.7 Å². The third kappa shape index (κ3) is 3.46. The number of ketones is 1. The van der Waals surface area contributed by atoms with Crippen LogP contribution in [0, 0.1) is 11.8 Å². The molecule has 24 heavy (non-hydrogen) atoms. The molecular formula is C19H27NO4. The van der Waals surface area contributed by atoms with Crippen molar-refractivity contribution in [3.8, 4) is 5.75 Å². The minimum Gasteiger partial charge on any atom is -0.497 e. The van der Waals surface area contributed by atoms with E-state index in [1.54, 1.807) is 43.4 Å². The topological polar surface area (TPSA) is 55.8 Å². The fraction of sp³-hybridized carbons (Fsp3) is 0.579. The molecule has 0 N–H and O–H groups in total. The smallest absolute Gasteiger partial charge is 0.234 e. The van der Waals surface area contributed by atoms with Crippen LogP contribution >= 0.6 is 0 Å². The second-order valence-electron chi connectivity index (χ2n) is 6.77. The van der Waals surface area contributed by atoms with E-state index in [0.29, 0.717) is 24.4 Å². The van der Waals surface area contributed by atoms with Crippen molar-refractivity contribution in [1.29, 1.82) is 0 Å². The van der Waals surface area contributed by atoms with E-state index in [-0.39, 0.29) is 17.6 Å². The van der Waals surface area contributed by atoms with Gasteiger partial charge in [0.05, 0.1) is 12.7 Å². The summed E-state index contributed by atoms with van der Waals surface area (Å²) in [5.74, 6) is -0.411. The average Bonchev–Trinajstić information content (AvgIpc) is 2.92. The maximum atomic E-state index is 13.0. The lowest BCUT2D eigenvalue weighted by atomic mass is 9.78. The monoisotopic (exact) mass is 333 g/mol. The van der Waals surface area contributed by atoms with Crippen molar-refractivity contribution in [3.63, 3.8) is 0 Å². The van der Waals surface area contributed by atoms with Crippen LogP contribution < -0.4 is 4.74 Å². The molecule has 0 saturated carbocycles. The van der Waals surface area contributed by atoms with E-state index in [1.165, 1.54) is 0 Å². The van der Waals surface area contributed by atoms with E-state index in [1.807, 2.05) is 20.8 Å². The zero-order valence-corrected chi connectivity index (χ0v) is 15.2. The summed E-state index contributed by atoms with van der Waals surface area (Å²) in [5, 5.41) is 0. The number of ether oxygens (including phenoxy) is 2. The quantitative estimate of drug-likeness (QED) is 0.569. The van der Waals surface area contributed by atoms with E-state index in [0.717, 1.165) is 6.42 Å². The van der Waals surface area contributed by atoms with E-state index >= 15 is 0 Å². The molecule has 1 amide bonds. The number of hydrogen-bond acceptors (Lipinski definition) is 4. The van der Waals surface area contributed by atoms with Gasteiger partial charge < -0.3 is 14.4 Å². The molecule has 1 heterocycles. The lowest BCUT2D eigenvalue weighted by Crippen LogP contribution is -2.41. The highest BCUT2D eigenvalue weighted by Crippen LogP contribution is 2.37. The summed E-state index contributed by atoms with van der Waals surface area (Å²) >= 11 is 0. The minimum atomic E-state index is -0.695. The number of carbonyl (C=O) groups excluding carboxylic acids is 2. The highest BCUT2D eigenvalue weighted by molar-refractivity contribution is 6.11. The molecule has 1 saturated heterocycles. The highest BCUT2D eigenvalue weighted by Gasteiger charge is 2.51. The predicted molar refractivity (Wildman–Crippen MR) is 92.3 cm³/mol. The predicted octanol–water partition coefficient (Wildman–Crippen LogP) is 2.79. The maximum Gasteiger partial charge on any atom is 0.234 e. The van der Waals surface area contributed by atoms with E-state index in [4.69, 9.17) is 9.47 Å². The zero-order valence-electron chi connectivity index (χ0n) is 15.2. The average molecular weight is 333 g/mol. The van der Waals surface area contributed by atoms with Crippen LogP contribution in [0.15, 0.2) is 24.3 Å². The maximum absolute atomic E-state index is 13.0. The van der Waals surface area contributed by atoms with Crippen LogP contribution in [0.3, 0.4) is 0 Å². The summed E-state index contributed by atoms with van der Waals surface area (Å²) in [6.07, 6.45) is 0.870. The summed E-state index contributed by atoms with van der Waals surface area (Å²) in [7, 11) is 3.21. The Morgan fingerprint density at radius 2 is 1.88 bits per heavy atom. The molecule has 132 valence electrons. The molecule has 5 heteroatoms. The number of Topliss-reactive ketones (excluding diaryl/α,β-unsaturated/α-hetero) is 1. The normalized spacial score (nSPS) is 21.2. The Labute approximate surface area is 143 Å². The molecule has 0 unspecified atom stereocenters. The first-order chi connectivity index (χ1) is 11.4. The number of hydrogen-bond donors (Lipinski definition) is 0. The van der Waals surface area contributed by atoms with Gasteiger partial charge in [-0.2, -0.15) is 0 Å². The van der Waals surface area contributed by atoms with Crippen LogP contribution in [0.25, 0.3) is 0 Å². The number of rotatable bonds is 7. The number of benzene rings is 1. The molecule has 0 aromatic heterocycles. The Balaban J connectivity index is 2.34. The second kappa shape index (κ2) is 7.34. The van der Waals surface area contributed by atoms with Gasteiger partial charge >= 0.3 is 0 Å². The lowest BCUT2D eigenvalue weighted by molar-refractivity contribution is -0.130. The first-order valence-electron chi connectivity index (χ1n) is 8.38. The van der Waals surface area contributed by atoms with Gasteiger partial charge in [0.25, 0.3) is 0 Å². The standard InChI is InChI=1S/C19H27NO4/c1-6-11-20-12-15(19(2,3)24-5)16(18(20)22)17(21)13-7-9-14(23-4)10-8-13/h7-10,15-16H,6,11-12H2,1-5H3/t15-,16-/m1/s1. The fourth-order valence-electron chi connectivity index (χ4n) is 3.28. The van der Waals surface area contributed by atoms with Crippen LogP contribution in [-0.4, -0.2) is 49.5 Å². The molecule has 2 atom stereocenters. The number of carbonyl (C=O) groups is 2. The summed E-state index contributed by atoms with van der Waals surface area (Å²) in [6.45, 7) is 7.13. The Morgan fingerprint density at radius 3 is 2.38 bits per heavy atom. The van der Waals surface area contributed by atoms with Crippen molar-refractivity contribution in [2.75, 3.05) is 27.3 Å². The van der Waals surface area contributed by atoms with E-state index in [9.17, 15) is 9.59 Å².